The van der Waals surface area contributed by atoms with Crippen LogP contribution in [0.25, 0.3) is 0 Å². The van der Waals surface area contributed by atoms with Gasteiger partial charge in [0, 0.05) is 56.5 Å². The van der Waals surface area contributed by atoms with Crippen LogP contribution in [0.3, 0.4) is 0 Å². The second-order valence-electron chi connectivity index (χ2n) is 9.20. The van der Waals surface area contributed by atoms with Crippen molar-refractivity contribution in [1.29, 1.82) is 0 Å². The number of carboxylic acid groups (broad SMARTS) is 2. The normalized spacial score (nSPS) is 14.2. The van der Waals surface area contributed by atoms with Crippen LogP contribution in [-0.2, 0) is 9.59 Å². The number of aliphatic imine (C=N–C) groups is 1. The van der Waals surface area contributed by atoms with E-state index < -0.39 is 28.5 Å². The zero-order chi connectivity index (χ0) is 31.1. The first-order valence-electron chi connectivity index (χ1n) is 13.0. The first kappa shape index (κ1) is 34.2. The maximum absolute atomic E-state index is 13.2. The van der Waals surface area contributed by atoms with Crippen LogP contribution in [0, 0.1) is 21.7 Å². The second kappa shape index (κ2) is 17.7. The molecule has 2 aromatic rings. The number of rotatable bonds is 11. The predicted molar refractivity (Wildman–Crippen MR) is 156 cm³/mol. The monoisotopic (exact) mass is 608 g/mol. The van der Waals surface area contributed by atoms with Gasteiger partial charge >= 0.3 is 11.9 Å². The van der Waals surface area contributed by atoms with Gasteiger partial charge in [0.05, 0.1) is 17.2 Å². The van der Waals surface area contributed by atoms with Crippen LogP contribution in [0.5, 0.6) is 5.75 Å². The fourth-order valence-electron chi connectivity index (χ4n) is 4.05. The molecule has 3 rings (SSSR count). The molecule has 2 aromatic carbocycles. The summed E-state index contributed by atoms with van der Waals surface area (Å²) in [5.74, 6) is -3.93. The minimum atomic E-state index is -1.26. The maximum atomic E-state index is 13.2. The Morgan fingerprint density at radius 1 is 1.10 bits per heavy atom. The van der Waals surface area contributed by atoms with Crippen LogP contribution in [0.2, 0.25) is 0 Å². The number of amidine groups is 1. The molecule has 1 aliphatic rings. The number of thioether (sulfide) groups is 1. The molecule has 228 valence electrons. The van der Waals surface area contributed by atoms with Crippen molar-refractivity contribution in [2.45, 2.75) is 31.7 Å². The van der Waals surface area contributed by atoms with E-state index in [1.165, 1.54) is 18.2 Å². The summed E-state index contributed by atoms with van der Waals surface area (Å²) in [6.07, 6.45) is 6.98. The SMILES string of the molecule is CSC(=Nc1ccc([N+](=O)[O-])cc1)N(C)C1CCN(CCCCOc2ccc(F)c(F)c2)CC1.O=C(O)C=CC(=O)O. The lowest BCUT2D eigenvalue weighted by atomic mass is 10.0. The number of benzene rings is 2. The van der Waals surface area contributed by atoms with Gasteiger partial charge in [-0.1, -0.05) is 11.8 Å². The Bertz CT molecular complexity index is 1240. The van der Waals surface area contributed by atoms with Gasteiger partial charge in [0.25, 0.3) is 5.69 Å². The van der Waals surface area contributed by atoms with Crippen LogP contribution in [0.15, 0.2) is 59.6 Å². The van der Waals surface area contributed by atoms with Gasteiger partial charge in [0.15, 0.2) is 16.8 Å². The number of likely N-dealkylation sites (tertiary alicyclic amines) is 1. The van der Waals surface area contributed by atoms with Crippen molar-refractivity contribution < 1.29 is 38.2 Å². The molecule has 2 N–H and O–H groups in total. The van der Waals surface area contributed by atoms with Crippen LogP contribution < -0.4 is 4.74 Å². The number of non-ortho nitro benzene ring substituents is 1. The summed E-state index contributed by atoms with van der Waals surface area (Å²) in [6.45, 7) is 3.45. The Hall–Kier alpha value is -4.04. The Labute approximate surface area is 246 Å². The molecule has 14 heteroatoms. The average molecular weight is 609 g/mol. The Balaban J connectivity index is 0.000000675. The van der Waals surface area contributed by atoms with E-state index in [0.717, 1.165) is 62.6 Å². The highest BCUT2D eigenvalue weighted by Crippen LogP contribution is 2.24. The number of hydrogen-bond donors (Lipinski definition) is 2. The van der Waals surface area contributed by atoms with Crippen molar-refractivity contribution in [2.24, 2.45) is 4.99 Å². The number of carbonyl (C=O) groups is 2. The molecule has 1 heterocycles. The third kappa shape index (κ3) is 12.2. The fraction of sp³-hybridized carbons (Fsp3) is 0.393. The molecule has 0 unspecified atom stereocenters. The summed E-state index contributed by atoms with van der Waals surface area (Å²) in [4.78, 5) is 38.9. The van der Waals surface area contributed by atoms with Gasteiger partial charge in [0.2, 0.25) is 0 Å². The first-order chi connectivity index (χ1) is 20.0. The number of nitro benzene ring substituents is 1. The number of unbranched alkanes of at least 4 members (excludes halogenated alkanes) is 1. The van der Waals surface area contributed by atoms with E-state index in [4.69, 9.17) is 14.9 Å². The zero-order valence-electron chi connectivity index (χ0n) is 23.3. The first-order valence-corrected chi connectivity index (χ1v) is 14.3. The number of piperidine rings is 1. The molecule has 0 atom stereocenters. The van der Waals surface area contributed by atoms with Crippen molar-refractivity contribution in [3.8, 4) is 5.75 Å². The van der Waals surface area contributed by atoms with Crippen LogP contribution in [-0.4, -0.2) is 87.6 Å². The molecule has 0 amide bonds. The van der Waals surface area contributed by atoms with E-state index in [1.54, 1.807) is 23.9 Å². The van der Waals surface area contributed by atoms with Gasteiger partial charge in [-0.2, -0.15) is 0 Å². The highest BCUT2D eigenvalue weighted by Gasteiger charge is 2.24. The molecule has 0 aliphatic carbocycles. The van der Waals surface area contributed by atoms with Crippen molar-refractivity contribution in [3.05, 3.63) is 76.4 Å². The smallest absolute Gasteiger partial charge is 0.328 e. The van der Waals surface area contributed by atoms with Gasteiger partial charge in [-0.3, -0.25) is 10.1 Å². The van der Waals surface area contributed by atoms with E-state index in [0.29, 0.717) is 36.2 Å². The second-order valence-corrected chi connectivity index (χ2v) is 9.97. The molecule has 11 nitrogen and oxygen atoms in total. The predicted octanol–water partition coefficient (Wildman–Crippen LogP) is 5.19. The van der Waals surface area contributed by atoms with Gasteiger partial charge in [-0.15, -0.1) is 0 Å². The standard InChI is InChI=1S/C24H30F2N4O3S.C4H4O4/c1-28(24(34-2)27-18-5-7-20(8-6-18)30(31)32)19-11-14-29(15-12-19)13-3-4-16-33-21-9-10-22(25)23(26)17-21;5-3(6)1-2-4(7)8/h5-10,17,19H,3-4,11-16H2,1-2H3;1-2H,(H,5,6)(H,7,8). The minimum Gasteiger partial charge on any atom is -0.493 e. The van der Waals surface area contributed by atoms with Gasteiger partial charge in [0.1, 0.15) is 5.75 Å². The highest BCUT2D eigenvalue weighted by atomic mass is 32.2. The van der Waals surface area contributed by atoms with E-state index in [2.05, 4.69) is 21.8 Å². The summed E-state index contributed by atoms with van der Waals surface area (Å²) in [7, 11) is 2.05. The lowest BCUT2D eigenvalue weighted by Crippen LogP contribution is -2.45. The lowest BCUT2D eigenvalue weighted by Gasteiger charge is -2.37. The number of aliphatic carboxylic acids is 2. The van der Waals surface area contributed by atoms with Gasteiger partial charge in [-0.25, -0.2) is 23.4 Å². The molecule has 0 spiro atoms. The molecule has 1 aliphatic heterocycles. The van der Waals surface area contributed by atoms with E-state index in [1.807, 2.05) is 6.26 Å². The topological polar surface area (TPSA) is 146 Å². The van der Waals surface area contributed by atoms with Crippen molar-refractivity contribution in [3.63, 3.8) is 0 Å². The third-order valence-electron chi connectivity index (χ3n) is 6.27. The fourth-order valence-corrected chi connectivity index (χ4v) is 4.68. The van der Waals surface area contributed by atoms with Crippen LogP contribution >= 0.6 is 11.8 Å². The number of ether oxygens (including phenoxy) is 1. The van der Waals surface area contributed by atoms with E-state index in [9.17, 15) is 28.5 Å². The molecule has 1 fully saturated rings. The number of hydrogen-bond acceptors (Lipinski definition) is 8. The highest BCUT2D eigenvalue weighted by molar-refractivity contribution is 8.13. The number of halogens is 2. The molecule has 0 saturated carbocycles. The third-order valence-corrected chi connectivity index (χ3v) is 7.02. The van der Waals surface area contributed by atoms with Crippen molar-refractivity contribution in [2.75, 3.05) is 39.5 Å². The zero-order valence-corrected chi connectivity index (χ0v) is 24.1. The number of carboxylic acids is 2. The number of nitrogens with zero attached hydrogens (tertiary/aromatic N) is 4. The van der Waals surface area contributed by atoms with Gasteiger partial charge in [-0.05, 0) is 62.7 Å². The average Bonchev–Trinajstić information content (AvgIpc) is 2.97. The summed E-state index contributed by atoms with van der Waals surface area (Å²) in [5.41, 5.74) is 0.756. The molecule has 0 aromatic heterocycles. The van der Waals surface area contributed by atoms with Crippen LogP contribution in [0.4, 0.5) is 20.2 Å². The maximum Gasteiger partial charge on any atom is 0.328 e. The molecular formula is C28H34F2N4O7S. The molecule has 0 bridgehead atoms. The molecule has 1 saturated heterocycles. The van der Waals surface area contributed by atoms with Crippen LogP contribution in [0.1, 0.15) is 25.7 Å². The quantitative estimate of drug-likeness (QED) is 0.0873. The van der Waals surface area contributed by atoms with Crippen molar-refractivity contribution >= 4 is 40.2 Å². The van der Waals surface area contributed by atoms with Crippen molar-refractivity contribution in [1.82, 2.24) is 9.80 Å². The number of nitro groups is 1. The Morgan fingerprint density at radius 2 is 1.71 bits per heavy atom. The molecule has 0 radical (unpaired) electrons. The van der Waals surface area contributed by atoms with Gasteiger partial charge < -0.3 is 24.7 Å². The summed E-state index contributed by atoms with van der Waals surface area (Å²) < 4.78 is 31.7. The lowest BCUT2D eigenvalue weighted by molar-refractivity contribution is -0.384. The Morgan fingerprint density at radius 3 is 2.24 bits per heavy atom. The Kier molecular flexibility index (Phi) is 14.4. The summed E-state index contributed by atoms with van der Waals surface area (Å²) in [5, 5.41) is 27.3. The molecule has 42 heavy (non-hydrogen) atoms. The largest absolute Gasteiger partial charge is 0.493 e. The summed E-state index contributed by atoms with van der Waals surface area (Å²) in [6, 6.07) is 10.2. The van der Waals surface area contributed by atoms with E-state index in [-0.39, 0.29) is 5.69 Å². The minimum absolute atomic E-state index is 0.0568. The molecular weight excluding hydrogens is 574 g/mol. The van der Waals surface area contributed by atoms with E-state index >= 15 is 0 Å². The summed E-state index contributed by atoms with van der Waals surface area (Å²) >= 11 is 1.57.